The molecule has 0 rings (SSSR count). The van der Waals surface area contributed by atoms with Crippen molar-refractivity contribution in [1.82, 2.24) is 5.32 Å². The Kier molecular flexibility index (Phi) is 7.23. The molecule has 0 fully saturated rings. The van der Waals surface area contributed by atoms with E-state index < -0.39 is 25.7 Å². The van der Waals surface area contributed by atoms with Gasteiger partial charge < -0.3 is 9.47 Å². The Morgan fingerprint density at radius 2 is 1.81 bits per heavy atom. The largest absolute Gasteiger partial charge is 0.461 e. The monoisotopic (exact) mass is 311 g/mol. The van der Waals surface area contributed by atoms with Crippen LogP contribution in [0.25, 0.3) is 0 Å². The summed E-state index contributed by atoms with van der Waals surface area (Å²) < 4.78 is 9.99. The molecular weight excluding hydrogens is 286 g/mol. The van der Waals surface area contributed by atoms with E-state index in [1.807, 2.05) is 0 Å². The Labute approximate surface area is 128 Å². The summed E-state index contributed by atoms with van der Waals surface area (Å²) in [5, 5.41) is 2.38. The van der Waals surface area contributed by atoms with Crippen LogP contribution in [0.4, 0.5) is 4.79 Å². The van der Waals surface area contributed by atoms with Gasteiger partial charge in [-0.2, -0.15) is 0 Å². The predicted molar refractivity (Wildman–Crippen MR) is 85.2 cm³/mol. The highest BCUT2D eigenvalue weighted by Gasteiger charge is 2.20. The van der Waals surface area contributed by atoms with E-state index in [1.54, 1.807) is 27.7 Å². The highest BCUT2D eigenvalue weighted by Crippen LogP contribution is 2.07. The average Bonchev–Trinajstić information content (AvgIpc) is 2.23. The van der Waals surface area contributed by atoms with Gasteiger partial charge in [-0.1, -0.05) is 25.6 Å². The van der Waals surface area contributed by atoms with E-state index in [1.165, 1.54) is 6.08 Å². The Morgan fingerprint density at radius 1 is 1.24 bits per heavy atom. The standard InChI is InChI=1S/C15H25NO4Si/c1-8-19-13(17)12(10-9-11-21(5,6)7)16-14(18)20-15(2,3)4/h10H,8H2,1-7H3,(H,16,18)/b12-10-. The lowest BCUT2D eigenvalue weighted by atomic mass is 10.2. The van der Waals surface area contributed by atoms with Crippen molar-refractivity contribution in [3.63, 3.8) is 0 Å². The fourth-order valence-corrected chi connectivity index (χ4v) is 1.60. The zero-order valence-corrected chi connectivity index (χ0v) is 14.9. The van der Waals surface area contributed by atoms with Crippen molar-refractivity contribution in [1.29, 1.82) is 0 Å². The molecular formula is C15H25NO4Si. The molecule has 0 saturated heterocycles. The number of allylic oxidation sites excluding steroid dienone is 1. The van der Waals surface area contributed by atoms with Gasteiger partial charge in [-0.25, -0.2) is 9.59 Å². The topological polar surface area (TPSA) is 64.6 Å². The van der Waals surface area contributed by atoms with Crippen molar-refractivity contribution >= 4 is 20.1 Å². The van der Waals surface area contributed by atoms with Crippen molar-refractivity contribution in [2.24, 2.45) is 0 Å². The summed E-state index contributed by atoms with van der Waals surface area (Å²) in [6.07, 6.45) is 0.650. The van der Waals surface area contributed by atoms with E-state index in [4.69, 9.17) is 9.47 Å². The minimum absolute atomic E-state index is 0.0168. The first-order valence-corrected chi connectivity index (χ1v) is 10.3. The lowest BCUT2D eigenvalue weighted by Gasteiger charge is -2.20. The second-order valence-electron chi connectivity index (χ2n) is 6.42. The van der Waals surface area contributed by atoms with Crippen LogP contribution in [-0.4, -0.2) is 32.3 Å². The molecule has 0 aromatic heterocycles. The fraction of sp³-hybridized carbons (Fsp3) is 0.600. The first kappa shape index (κ1) is 19.3. The van der Waals surface area contributed by atoms with Crippen LogP contribution in [0.15, 0.2) is 11.8 Å². The molecule has 21 heavy (non-hydrogen) atoms. The third-order valence-corrected chi connectivity index (χ3v) is 2.69. The number of rotatable bonds is 3. The predicted octanol–water partition coefficient (Wildman–Crippen LogP) is 2.84. The number of amides is 1. The minimum Gasteiger partial charge on any atom is -0.461 e. The number of carbonyl (C=O) groups is 2. The molecule has 118 valence electrons. The summed E-state index contributed by atoms with van der Waals surface area (Å²) in [5.41, 5.74) is 2.42. The summed E-state index contributed by atoms with van der Waals surface area (Å²) in [6, 6.07) is 0. The van der Waals surface area contributed by atoms with Gasteiger partial charge in [-0.05, 0) is 27.7 Å². The van der Waals surface area contributed by atoms with Gasteiger partial charge in [0.25, 0.3) is 0 Å². The van der Waals surface area contributed by atoms with E-state index in [2.05, 4.69) is 36.4 Å². The van der Waals surface area contributed by atoms with Crippen LogP contribution in [0.2, 0.25) is 19.6 Å². The fourth-order valence-electron chi connectivity index (χ4n) is 1.09. The number of ether oxygens (including phenoxy) is 2. The number of hydrogen-bond donors (Lipinski definition) is 1. The van der Waals surface area contributed by atoms with Crippen molar-refractivity contribution in [2.75, 3.05) is 6.61 Å². The van der Waals surface area contributed by atoms with E-state index in [-0.39, 0.29) is 12.3 Å². The number of carbonyl (C=O) groups excluding carboxylic acids is 2. The zero-order chi connectivity index (χ0) is 16.7. The summed E-state index contributed by atoms with van der Waals surface area (Å²) in [7, 11) is -1.56. The maximum Gasteiger partial charge on any atom is 0.412 e. The first-order chi connectivity index (χ1) is 9.44. The molecule has 0 aromatic rings. The van der Waals surface area contributed by atoms with Gasteiger partial charge in [0.05, 0.1) is 6.61 Å². The quantitative estimate of drug-likeness (QED) is 0.377. The summed E-state index contributed by atoms with van der Waals surface area (Å²) in [4.78, 5) is 23.5. The maximum absolute atomic E-state index is 11.8. The van der Waals surface area contributed by atoms with Crippen LogP contribution < -0.4 is 5.32 Å². The SMILES string of the molecule is CCOC(=O)/C(=C/C#C[Si](C)(C)C)NC(=O)OC(C)(C)C. The van der Waals surface area contributed by atoms with Crippen molar-refractivity contribution in [2.45, 2.75) is 52.9 Å². The molecule has 0 radical (unpaired) electrons. The van der Waals surface area contributed by atoms with E-state index in [0.29, 0.717) is 0 Å². The normalized spacial score (nSPS) is 12.0. The van der Waals surface area contributed by atoms with Crippen LogP contribution in [0.3, 0.4) is 0 Å². The highest BCUT2D eigenvalue weighted by molar-refractivity contribution is 6.83. The average molecular weight is 311 g/mol. The molecule has 1 N–H and O–H groups in total. The molecule has 0 aromatic carbocycles. The van der Waals surface area contributed by atoms with E-state index in [0.717, 1.165) is 0 Å². The van der Waals surface area contributed by atoms with Crippen LogP contribution in [0.1, 0.15) is 27.7 Å². The van der Waals surface area contributed by atoms with Gasteiger partial charge in [-0.3, -0.25) is 5.32 Å². The summed E-state index contributed by atoms with van der Waals surface area (Å²) in [5.74, 6) is 2.18. The molecule has 0 spiro atoms. The van der Waals surface area contributed by atoms with Gasteiger partial charge in [0.1, 0.15) is 19.4 Å². The third kappa shape index (κ3) is 10.7. The Hall–Kier alpha value is -1.74. The first-order valence-electron chi connectivity index (χ1n) is 6.84. The summed E-state index contributed by atoms with van der Waals surface area (Å²) >= 11 is 0. The van der Waals surface area contributed by atoms with Gasteiger partial charge in [0.15, 0.2) is 0 Å². The number of alkyl carbamates (subject to hydrolysis) is 1. The van der Waals surface area contributed by atoms with Gasteiger partial charge >= 0.3 is 12.1 Å². The Bertz CT molecular complexity index is 473. The second kappa shape index (κ2) is 7.89. The highest BCUT2D eigenvalue weighted by atomic mass is 28.3. The van der Waals surface area contributed by atoms with Crippen LogP contribution in [0, 0.1) is 11.5 Å². The molecule has 0 aliphatic heterocycles. The number of esters is 1. The molecule has 0 unspecified atom stereocenters. The van der Waals surface area contributed by atoms with E-state index in [9.17, 15) is 9.59 Å². The minimum atomic E-state index is -1.56. The Balaban J connectivity index is 5.07. The molecule has 6 heteroatoms. The lowest BCUT2D eigenvalue weighted by molar-refractivity contribution is -0.139. The van der Waals surface area contributed by atoms with Crippen molar-refractivity contribution < 1.29 is 19.1 Å². The van der Waals surface area contributed by atoms with Crippen LogP contribution >= 0.6 is 0 Å². The number of nitrogens with one attached hydrogen (secondary N) is 1. The van der Waals surface area contributed by atoms with Crippen LogP contribution in [0.5, 0.6) is 0 Å². The molecule has 0 aliphatic carbocycles. The number of hydrogen-bond acceptors (Lipinski definition) is 4. The Morgan fingerprint density at radius 3 is 2.24 bits per heavy atom. The van der Waals surface area contributed by atoms with E-state index >= 15 is 0 Å². The molecule has 5 nitrogen and oxygen atoms in total. The van der Waals surface area contributed by atoms with Crippen molar-refractivity contribution in [3.05, 3.63) is 11.8 Å². The second-order valence-corrected chi connectivity index (χ2v) is 11.2. The molecule has 0 aliphatic rings. The molecule has 0 saturated carbocycles. The molecule has 1 amide bonds. The zero-order valence-electron chi connectivity index (χ0n) is 13.9. The lowest BCUT2D eigenvalue weighted by Crippen LogP contribution is -2.34. The maximum atomic E-state index is 11.8. The van der Waals surface area contributed by atoms with Crippen LogP contribution in [-0.2, 0) is 14.3 Å². The van der Waals surface area contributed by atoms with Crippen molar-refractivity contribution in [3.8, 4) is 11.5 Å². The van der Waals surface area contributed by atoms with Gasteiger partial charge in [-0.15, -0.1) is 5.54 Å². The third-order valence-electron chi connectivity index (χ3n) is 1.79. The molecule has 0 heterocycles. The molecule has 0 atom stereocenters. The smallest absolute Gasteiger partial charge is 0.412 e. The molecule has 0 bridgehead atoms. The summed E-state index contributed by atoms with van der Waals surface area (Å²) in [6.45, 7) is 13.4. The van der Waals surface area contributed by atoms with Gasteiger partial charge in [0.2, 0.25) is 0 Å². The van der Waals surface area contributed by atoms with Gasteiger partial charge in [0, 0.05) is 6.08 Å².